The Morgan fingerprint density at radius 2 is 1.91 bits per heavy atom. The van der Waals surface area contributed by atoms with Crippen molar-refractivity contribution in [3.05, 3.63) is 52.9 Å². The van der Waals surface area contributed by atoms with Gasteiger partial charge in [0.2, 0.25) is 11.9 Å². The predicted molar refractivity (Wildman–Crippen MR) is 120 cm³/mol. The molecule has 7 nitrogen and oxygen atoms in total. The Hall–Kier alpha value is -3.05. The fourth-order valence-electron chi connectivity index (χ4n) is 3.63. The first-order chi connectivity index (χ1) is 15.7. The lowest BCUT2D eigenvalue weighted by atomic mass is 10.1. The molecule has 11 heteroatoms. The fourth-order valence-corrected chi connectivity index (χ4v) is 4.58. The molecule has 1 N–H and O–H groups in total. The first-order valence-corrected chi connectivity index (χ1v) is 11.2. The maximum Gasteiger partial charge on any atom is 0.433 e. The molecule has 3 heterocycles. The molecule has 174 valence electrons. The summed E-state index contributed by atoms with van der Waals surface area (Å²) in [4.78, 5) is 28.6. The third-order valence-corrected chi connectivity index (χ3v) is 6.33. The van der Waals surface area contributed by atoms with Crippen molar-refractivity contribution in [3.63, 3.8) is 0 Å². The SMILES string of the molecule is CC(=O)N1CCN(Cc2ncc(-c3cc(C)cc(Nc4nccc(C(F)(F)F)n4)c3)s2)CC1. The number of carbonyl (C=O) groups excluding carboxylic acids is 1. The first kappa shape index (κ1) is 23.1. The van der Waals surface area contributed by atoms with Gasteiger partial charge in [-0.1, -0.05) is 6.07 Å². The lowest BCUT2D eigenvalue weighted by molar-refractivity contribution is -0.141. The molecule has 4 rings (SSSR count). The second-order valence-corrected chi connectivity index (χ2v) is 8.99. The highest BCUT2D eigenvalue weighted by Crippen LogP contribution is 2.32. The largest absolute Gasteiger partial charge is 0.433 e. The maximum atomic E-state index is 12.9. The number of alkyl halides is 3. The highest BCUT2D eigenvalue weighted by molar-refractivity contribution is 7.15. The molecule has 0 bridgehead atoms. The van der Waals surface area contributed by atoms with Crippen LogP contribution in [0.4, 0.5) is 24.8 Å². The molecule has 1 fully saturated rings. The number of nitrogens with zero attached hydrogens (tertiary/aromatic N) is 5. The van der Waals surface area contributed by atoms with Crippen LogP contribution < -0.4 is 5.32 Å². The number of benzene rings is 1. The van der Waals surface area contributed by atoms with E-state index in [4.69, 9.17) is 0 Å². The lowest BCUT2D eigenvalue weighted by Crippen LogP contribution is -2.47. The summed E-state index contributed by atoms with van der Waals surface area (Å²) in [6.45, 7) is 7.28. The van der Waals surface area contributed by atoms with Crippen LogP contribution in [0.1, 0.15) is 23.2 Å². The molecule has 0 saturated carbocycles. The van der Waals surface area contributed by atoms with Crippen molar-refractivity contribution in [3.8, 4) is 10.4 Å². The van der Waals surface area contributed by atoms with E-state index in [9.17, 15) is 18.0 Å². The Bertz CT molecular complexity index is 1140. The Balaban J connectivity index is 1.46. The van der Waals surface area contributed by atoms with Crippen molar-refractivity contribution < 1.29 is 18.0 Å². The smallest absolute Gasteiger partial charge is 0.340 e. The van der Waals surface area contributed by atoms with E-state index >= 15 is 0 Å². The Morgan fingerprint density at radius 3 is 2.61 bits per heavy atom. The summed E-state index contributed by atoms with van der Waals surface area (Å²) >= 11 is 1.58. The normalized spacial score (nSPS) is 15.0. The molecule has 1 aromatic carbocycles. The van der Waals surface area contributed by atoms with Crippen LogP contribution in [0.15, 0.2) is 36.7 Å². The number of anilines is 2. The minimum absolute atomic E-state index is 0.102. The number of amides is 1. The summed E-state index contributed by atoms with van der Waals surface area (Å²) in [6.07, 6.45) is -1.64. The number of aromatic nitrogens is 3. The Morgan fingerprint density at radius 1 is 1.15 bits per heavy atom. The number of halogens is 3. The summed E-state index contributed by atoms with van der Waals surface area (Å²) in [5, 5.41) is 3.85. The van der Waals surface area contributed by atoms with Gasteiger partial charge in [-0.15, -0.1) is 11.3 Å². The molecule has 1 saturated heterocycles. The van der Waals surface area contributed by atoms with Crippen molar-refractivity contribution in [2.45, 2.75) is 26.6 Å². The zero-order valence-electron chi connectivity index (χ0n) is 18.2. The zero-order valence-corrected chi connectivity index (χ0v) is 19.0. The van der Waals surface area contributed by atoms with Crippen molar-refractivity contribution in [2.75, 3.05) is 31.5 Å². The molecule has 1 amide bonds. The average molecular weight is 477 g/mol. The van der Waals surface area contributed by atoms with E-state index in [-0.39, 0.29) is 11.9 Å². The molecule has 0 spiro atoms. The molecule has 2 aromatic heterocycles. The summed E-state index contributed by atoms with van der Waals surface area (Å²) in [5.41, 5.74) is 1.45. The number of hydrogen-bond donors (Lipinski definition) is 1. The quantitative estimate of drug-likeness (QED) is 0.591. The van der Waals surface area contributed by atoms with E-state index in [1.807, 2.05) is 36.2 Å². The highest BCUT2D eigenvalue weighted by Gasteiger charge is 2.32. The number of piperazine rings is 1. The van der Waals surface area contributed by atoms with E-state index < -0.39 is 11.9 Å². The van der Waals surface area contributed by atoms with Gasteiger partial charge in [-0.3, -0.25) is 9.69 Å². The van der Waals surface area contributed by atoms with Gasteiger partial charge in [-0.25, -0.2) is 15.0 Å². The summed E-state index contributed by atoms with van der Waals surface area (Å²) in [6, 6.07) is 6.51. The third-order valence-electron chi connectivity index (χ3n) is 5.29. The second-order valence-electron chi connectivity index (χ2n) is 7.88. The lowest BCUT2D eigenvalue weighted by Gasteiger charge is -2.33. The van der Waals surface area contributed by atoms with Gasteiger partial charge in [-0.2, -0.15) is 13.2 Å². The molecule has 0 radical (unpaired) electrons. The molecule has 3 aromatic rings. The van der Waals surface area contributed by atoms with Crippen LogP contribution in [0.3, 0.4) is 0 Å². The van der Waals surface area contributed by atoms with Crippen molar-refractivity contribution in [1.82, 2.24) is 24.8 Å². The minimum atomic E-state index is -4.53. The van der Waals surface area contributed by atoms with Crippen LogP contribution in [0, 0.1) is 6.92 Å². The third kappa shape index (κ3) is 5.85. The highest BCUT2D eigenvalue weighted by atomic mass is 32.1. The van der Waals surface area contributed by atoms with E-state index in [1.165, 1.54) is 0 Å². The molecule has 0 unspecified atom stereocenters. The minimum Gasteiger partial charge on any atom is -0.340 e. The zero-order chi connectivity index (χ0) is 23.6. The van der Waals surface area contributed by atoms with Gasteiger partial charge in [0.15, 0.2) is 0 Å². The summed E-state index contributed by atoms with van der Waals surface area (Å²) in [5.74, 6) is -0.0124. The number of thiazole rings is 1. The number of nitrogens with one attached hydrogen (secondary N) is 1. The van der Waals surface area contributed by atoms with Crippen LogP contribution in [0.2, 0.25) is 0 Å². The monoisotopic (exact) mass is 476 g/mol. The van der Waals surface area contributed by atoms with E-state index in [0.29, 0.717) is 12.2 Å². The molecular formula is C22H23F3N6OS. The van der Waals surface area contributed by atoms with Crippen molar-refractivity contribution in [2.24, 2.45) is 0 Å². The number of hydrogen-bond acceptors (Lipinski definition) is 7. The Kier molecular flexibility index (Phi) is 6.61. The van der Waals surface area contributed by atoms with Gasteiger partial charge in [0.05, 0.1) is 11.4 Å². The maximum absolute atomic E-state index is 12.9. The van der Waals surface area contributed by atoms with Gasteiger partial charge in [-0.05, 0) is 36.2 Å². The molecule has 1 aliphatic heterocycles. The molecule has 1 aliphatic rings. The van der Waals surface area contributed by atoms with Crippen LogP contribution in [-0.2, 0) is 17.5 Å². The average Bonchev–Trinajstić information content (AvgIpc) is 3.22. The second kappa shape index (κ2) is 9.44. The molecule has 0 aliphatic carbocycles. The summed E-state index contributed by atoms with van der Waals surface area (Å²) in [7, 11) is 0. The number of rotatable bonds is 5. The van der Waals surface area contributed by atoms with Crippen molar-refractivity contribution >= 4 is 28.9 Å². The van der Waals surface area contributed by atoms with Gasteiger partial charge in [0, 0.05) is 51.2 Å². The van der Waals surface area contributed by atoms with E-state index in [1.54, 1.807) is 18.3 Å². The topological polar surface area (TPSA) is 74.2 Å². The van der Waals surface area contributed by atoms with Crippen LogP contribution in [0.5, 0.6) is 0 Å². The van der Waals surface area contributed by atoms with Gasteiger partial charge in [0.1, 0.15) is 10.7 Å². The fraction of sp³-hybridized carbons (Fsp3) is 0.364. The Labute approximate surface area is 193 Å². The van der Waals surface area contributed by atoms with Gasteiger partial charge < -0.3 is 10.2 Å². The van der Waals surface area contributed by atoms with Crippen LogP contribution in [-0.4, -0.2) is 56.8 Å². The molecular weight excluding hydrogens is 453 g/mol. The number of aryl methyl sites for hydroxylation is 1. The van der Waals surface area contributed by atoms with Crippen LogP contribution >= 0.6 is 11.3 Å². The standard InChI is InChI=1S/C22H23F3N6OS/c1-14-9-16(11-17(10-14)28-21-26-4-3-19(29-21)22(23,24)25)18-12-27-20(33-18)13-30-5-7-31(8-6-30)15(2)32/h3-4,9-12H,5-8,13H2,1-2H3,(H,26,28,29). The first-order valence-electron chi connectivity index (χ1n) is 10.4. The van der Waals surface area contributed by atoms with Gasteiger partial charge >= 0.3 is 6.18 Å². The predicted octanol–water partition coefficient (Wildman–Crippen LogP) is 4.34. The number of carbonyl (C=O) groups is 1. The van der Waals surface area contributed by atoms with Gasteiger partial charge in [0.25, 0.3) is 0 Å². The summed E-state index contributed by atoms with van der Waals surface area (Å²) < 4.78 is 38.8. The van der Waals surface area contributed by atoms with Crippen molar-refractivity contribution in [1.29, 1.82) is 0 Å². The molecule has 0 atom stereocenters. The van der Waals surface area contributed by atoms with E-state index in [0.717, 1.165) is 59.5 Å². The van der Waals surface area contributed by atoms with Crippen LogP contribution in [0.25, 0.3) is 10.4 Å². The molecule has 33 heavy (non-hydrogen) atoms. The van der Waals surface area contributed by atoms with E-state index in [2.05, 4.69) is 25.2 Å².